The van der Waals surface area contributed by atoms with E-state index in [1.807, 2.05) is 6.07 Å². The van der Waals surface area contributed by atoms with Crippen LogP contribution in [-0.2, 0) is 6.54 Å². The minimum absolute atomic E-state index is 0.295. The van der Waals surface area contributed by atoms with Crippen LogP contribution in [-0.4, -0.2) is 28.8 Å². The zero-order chi connectivity index (χ0) is 11.7. The lowest BCUT2D eigenvalue weighted by atomic mass is 9.90. The van der Waals surface area contributed by atoms with E-state index < -0.39 is 0 Å². The molecule has 1 aromatic heterocycles. The molecule has 2 atom stereocenters. The molecule has 2 heterocycles. The van der Waals surface area contributed by atoms with Crippen LogP contribution in [0.4, 0.5) is 5.82 Å². The van der Waals surface area contributed by atoms with Crippen molar-refractivity contribution in [2.45, 2.75) is 31.3 Å². The fourth-order valence-corrected chi connectivity index (χ4v) is 3.17. The maximum Gasteiger partial charge on any atom is 0.146 e. The maximum atomic E-state index is 5.53. The first-order valence-corrected chi connectivity index (χ1v) is 6.32. The minimum atomic E-state index is 0.295. The average Bonchev–Trinajstić information content (AvgIpc) is 2.87. The van der Waals surface area contributed by atoms with E-state index in [2.05, 4.69) is 20.8 Å². The van der Waals surface area contributed by atoms with Crippen LogP contribution in [0, 0.1) is 5.92 Å². The van der Waals surface area contributed by atoms with E-state index in [1.54, 1.807) is 6.07 Å². The summed E-state index contributed by atoms with van der Waals surface area (Å²) in [6.07, 6.45) is 3.95. The number of nitrogens with zero attached hydrogens (tertiary/aromatic N) is 2. The Labute approximate surface area is 101 Å². The Morgan fingerprint density at radius 3 is 3.24 bits per heavy atom. The molecule has 1 aromatic rings. The van der Waals surface area contributed by atoms with Gasteiger partial charge in [0, 0.05) is 18.6 Å². The molecule has 1 aliphatic heterocycles. The number of nitrogens with one attached hydrogen (secondary N) is 2. The van der Waals surface area contributed by atoms with Gasteiger partial charge >= 0.3 is 0 Å². The highest BCUT2D eigenvalue weighted by atomic mass is 15.2. The van der Waals surface area contributed by atoms with Crippen molar-refractivity contribution >= 4 is 5.82 Å². The number of nitrogens with two attached hydrogens (primary N) is 1. The van der Waals surface area contributed by atoms with Crippen LogP contribution in [0.3, 0.4) is 0 Å². The summed E-state index contributed by atoms with van der Waals surface area (Å²) in [5, 5.41) is 15.2. The first-order chi connectivity index (χ1) is 8.28. The van der Waals surface area contributed by atoms with Crippen molar-refractivity contribution in [1.29, 1.82) is 0 Å². The molecule has 17 heavy (non-hydrogen) atoms. The fourth-order valence-electron chi connectivity index (χ4n) is 3.17. The number of anilines is 1. The molecule has 5 nitrogen and oxygen atoms in total. The van der Waals surface area contributed by atoms with Crippen LogP contribution >= 0.6 is 0 Å². The Morgan fingerprint density at radius 1 is 1.47 bits per heavy atom. The van der Waals surface area contributed by atoms with Crippen molar-refractivity contribution in [1.82, 2.24) is 20.8 Å². The van der Waals surface area contributed by atoms with E-state index in [4.69, 9.17) is 5.73 Å². The van der Waals surface area contributed by atoms with Crippen LogP contribution in [0.1, 0.15) is 25.0 Å². The van der Waals surface area contributed by atoms with Gasteiger partial charge in [-0.3, -0.25) is 0 Å². The molecule has 0 aromatic carbocycles. The lowest BCUT2D eigenvalue weighted by Gasteiger charge is -2.29. The van der Waals surface area contributed by atoms with Crippen LogP contribution < -0.4 is 16.4 Å². The molecule has 2 fully saturated rings. The van der Waals surface area contributed by atoms with Gasteiger partial charge in [0.15, 0.2) is 0 Å². The summed E-state index contributed by atoms with van der Waals surface area (Å²) in [4.78, 5) is 0. The Bertz CT molecular complexity index is 378. The van der Waals surface area contributed by atoms with E-state index in [0.717, 1.165) is 31.2 Å². The number of hydrogen-bond acceptors (Lipinski definition) is 5. The third-order valence-electron chi connectivity index (χ3n) is 4.15. The van der Waals surface area contributed by atoms with E-state index in [1.165, 1.54) is 19.3 Å². The van der Waals surface area contributed by atoms with Crippen molar-refractivity contribution < 1.29 is 0 Å². The molecule has 0 bridgehead atoms. The average molecular weight is 233 g/mol. The second-order valence-corrected chi connectivity index (χ2v) is 5.18. The highest BCUT2D eigenvalue weighted by Crippen LogP contribution is 2.38. The fraction of sp³-hybridized carbons (Fsp3) is 0.667. The van der Waals surface area contributed by atoms with E-state index >= 15 is 0 Å². The first kappa shape index (κ1) is 10.9. The Balaban J connectivity index is 1.65. The molecule has 4 N–H and O–H groups in total. The predicted octanol–water partition coefficient (Wildman–Crippen LogP) is 0.290. The molecular formula is C12H19N5. The van der Waals surface area contributed by atoms with Crippen molar-refractivity contribution in [3.05, 3.63) is 17.8 Å². The minimum Gasteiger partial charge on any atom is -0.382 e. The van der Waals surface area contributed by atoms with Gasteiger partial charge in [-0.15, -0.1) is 5.10 Å². The molecule has 0 spiro atoms. The molecule has 1 saturated carbocycles. The quantitative estimate of drug-likeness (QED) is 0.699. The van der Waals surface area contributed by atoms with Crippen molar-refractivity contribution in [2.75, 3.05) is 18.8 Å². The number of hydrogen-bond donors (Lipinski definition) is 3. The highest BCUT2D eigenvalue weighted by Gasteiger charge is 2.45. The summed E-state index contributed by atoms with van der Waals surface area (Å²) in [6.45, 7) is 3.02. The SMILES string of the molecule is Nc1ccc(CN[C@]23CCC[C@H]2CNC3)nn1. The van der Waals surface area contributed by atoms with Crippen molar-refractivity contribution in [2.24, 2.45) is 5.92 Å². The molecule has 1 aliphatic carbocycles. The van der Waals surface area contributed by atoms with Gasteiger partial charge in [-0.1, -0.05) is 6.42 Å². The molecule has 0 radical (unpaired) electrons. The zero-order valence-electron chi connectivity index (χ0n) is 9.95. The topological polar surface area (TPSA) is 75.9 Å². The van der Waals surface area contributed by atoms with Crippen LogP contribution in [0.25, 0.3) is 0 Å². The number of nitrogen functional groups attached to an aromatic ring is 1. The van der Waals surface area contributed by atoms with Gasteiger partial charge in [0.25, 0.3) is 0 Å². The van der Waals surface area contributed by atoms with Gasteiger partial charge in [-0.2, -0.15) is 5.10 Å². The van der Waals surface area contributed by atoms with E-state index in [0.29, 0.717) is 11.4 Å². The molecule has 0 unspecified atom stereocenters. The summed E-state index contributed by atoms with van der Waals surface area (Å²) in [7, 11) is 0. The Morgan fingerprint density at radius 2 is 2.41 bits per heavy atom. The standard InChI is InChI=1S/C12H19N5/c13-11-4-3-10(16-17-11)7-15-12-5-1-2-9(12)6-14-8-12/h3-4,9,14-15H,1-2,5-8H2,(H2,13,17)/t9-,12-/m0/s1. The summed E-state index contributed by atoms with van der Waals surface area (Å²) in [5.41, 5.74) is 6.78. The molecule has 0 amide bonds. The van der Waals surface area contributed by atoms with Gasteiger partial charge in [0.05, 0.1) is 5.69 Å². The second-order valence-electron chi connectivity index (χ2n) is 5.18. The smallest absolute Gasteiger partial charge is 0.146 e. The molecule has 3 rings (SSSR count). The van der Waals surface area contributed by atoms with E-state index in [-0.39, 0.29) is 0 Å². The molecule has 1 saturated heterocycles. The maximum absolute atomic E-state index is 5.53. The predicted molar refractivity (Wildman–Crippen MR) is 66.2 cm³/mol. The summed E-state index contributed by atoms with van der Waals surface area (Å²) >= 11 is 0. The monoisotopic (exact) mass is 233 g/mol. The number of fused-ring (bicyclic) bond motifs is 1. The molecule has 2 aliphatic rings. The molecule has 92 valence electrons. The molecular weight excluding hydrogens is 214 g/mol. The van der Waals surface area contributed by atoms with Crippen LogP contribution in [0.2, 0.25) is 0 Å². The summed E-state index contributed by atoms with van der Waals surface area (Å²) in [5.74, 6) is 1.26. The van der Waals surface area contributed by atoms with Gasteiger partial charge < -0.3 is 16.4 Å². The van der Waals surface area contributed by atoms with Crippen LogP contribution in [0.15, 0.2) is 12.1 Å². The normalized spacial score (nSPS) is 31.6. The van der Waals surface area contributed by atoms with Gasteiger partial charge in [0.2, 0.25) is 0 Å². The van der Waals surface area contributed by atoms with Gasteiger partial charge in [0.1, 0.15) is 5.82 Å². The zero-order valence-corrected chi connectivity index (χ0v) is 9.95. The molecule has 5 heteroatoms. The highest BCUT2D eigenvalue weighted by molar-refractivity contribution is 5.25. The van der Waals surface area contributed by atoms with Crippen molar-refractivity contribution in [3.63, 3.8) is 0 Å². The van der Waals surface area contributed by atoms with Gasteiger partial charge in [-0.05, 0) is 37.4 Å². The number of rotatable bonds is 3. The summed E-state index contributed by atoms with van der Waals surface area (Å²) < 4.78 is 0. The Hall–Kier alpha value is -1.20. The van der Waals surface area contributed by atoms with Gasteiger partial charge in [-0.25, -0.2) is 0 Å². The lowest BCUT2D eigenvalue weighted by Crippen LogP contribution is -2.48. The number of aromatic nitrogens is 2. The van der Waals surface area contributed by atoms with Crippen molar-refractivity contribution in [3.8, 4) is 0 Å². The largest absolute Gasteiger partial charge is 0.382 e. The third-order valence-corrected chi connectivity index (χ3v) is 4.15. The van der Waals surface area contributed by atoms with E-state index in [9.17, 15) is 0 Å². The van der Waals surface area contributed by atoms with Crippen LogP contribution in [0.5, 0.6) is 0 Å². The third kappa shape index (κ3) is 2.00. The first-order valence-electron chi connectivity index (χ1n) is 6.32. The summed E-state index contributed by atoms with van der Waals surface area (Å²) in [6, 6.07) is 3.75. The second kappa shape index (κ2) is 4.23. The Kier molecular flexibility index (Phi) is 2.72. The lowest BCUT2D eigenvalue weighted by molar-refractivity contribution is 0.302.